The summed E-state index contributed by atoms with van der Waals surface area (Å²) in [5.41, 5.74) is 0.457. The van der Waals surface area contributed by atoms with E-state index in [1.807, 2.05) is 27.7 Å². The van der Waals surface area contributed by atoms with Gasteiger partial charge >= 0.3 is 13.3 Å². The molecule has 0 atom stereocenters. The molecule has 0 amide bonds. The van der Waals surface area contributed by atoms with Gasteiger partial charge in [-0.2, -0.15) is 13.2 Å². The average molecular weight is 367 g/mol. The molecular formula is C19H25BF3NO2. The normalized spacial score (nSPS) is 23.2. The van der Waals surface area contributed by atoms with Crippen LogP contribution >= 0.6 is 0 Å². The third-order valence-corrected chi connectivity index (χ3v) is 5.54. The first kappa shape index (κ1) is 19.5. The quantitative estimate of drug-likeness (QED) is 0.736. The standard InChI is InChI=1S/C19H25BF3NO2/c1-17(2)18(3,4)26-20(25-17)16-8-10-24(11-9-16)13-14-6-5-7-15(12-14)19(21,22)23/h5-8,12H,9-11,13H2,1-4H3. The highest BCUT2D eigenvalue weighted by Gasteiger charge is 2.52. The summed E-state index contributed by atoms with van der Waals surface area (Å²) in [6.07, 6.45) is -1.43. The van der Waals surface area contributed by atoms with Crippen LogP contribution < -0.4 is 0 Å². The van der Waals surface area contributed by atoms with Crippen LogP contribution in [0.1, 0.15) is 45.2 Å². The van der Waals surface area contributed by atoms with Crippen LogP contribution in [0.4, 0.5) is 13.2 Å². The Morgan fingerprint density at radius 1 is 1.12 bits per heavy atom. The fraction of sp³-hybridized carbons (Fsp3) is 0.579. The van der Waals surface area contributed by atoms with Crippen molar-refractivity contribution >= 4 is 7.12 Å². The van der Waals surface area contributed by atoms with Crippen molar-refractivity contribution in [3.05, 3.63) is 46.9 Å². The van der Waals surface area contributed by atoms with Gasteiger partial charge in [-0.3, -0.25) is 4.90 Å². The SMILES string of the molecule is CC1(C)OB(C2=CCN(Cc3cccc(C(F)(F)F)c3)CC2)OC1(C)C. The van der Waals surface area contributed by atoms with Crippen molar-refractivity contribution in [3.8, 4) is 0 Å². The van der Waals surface area contributed by atoms with Crippen LogP contribution in [0.25, 0.3) is 0 Å². The number of hydrogen-bond acceptors (Lipinski definition) is 3. The molecule has 1 aromatic rings. The summed E-state index contributed by atoms with van der Waals surface area (Å²) >= 11 is 0. The minimum atomic E-state index is -4.30. The van der Waals surface area contributed by atoms with Gasteiger partial charge in [0, 0.05) is 19.6 Å². The first-order valence-corrected chi connectivity index (χ1v) is 8.91. The molecule has 142 valence electrons. The lowest BCUT2D eigenvalue weighted by Gasteiger charge is -2.32. The molecule has 0 unspecified atom stereocenters. The lowest BCUT2D eigenvalue weighted by atomic mass is 9.74. The van der Waals surface area contributed by atoms with Crippen LogP contribution in [0.5, 0.6) is 0 Å². The molecule has 1 fully saturated rings. The molecule has 2 aliphatic rings. The fourth-order valence-corrected chi connectivity index (χ4v) is 3.18. The molecular weight excluding hydrogens is 342 g/mol. The number of hydrogen-bond donors (Lipinski definition) is 0. The maximum absolute atomic E-state index is 12.8. The molecule has 0 saturated carbocycles. The Kier molecular flexibility index (Phi) is 5.01. The number of rotatable bonds is 3. The van der Waals surface area contributed by atoms with E-state index in [4.69, 9.17) is 9.31 Å². The van der Waals surface area contributed by atoms with E-state index in [0.717, 1.165) is 24.5 Å². The van der Waals surface area contributed by atoms with Gasteiger partial charge in [-0.1, -0.05) is 24.3 Å². The largest absolute Gasteiger partial charge is 0.490 e. The smallest absolute Gasteiger partial charge is 0.400 e. The first-order chi connectivity index (χ1) is 12.0. The van der Waals surface area contributed by atoms with Crippen molar-refractivity contribution in [1.29, 1.82) is 0 Å². The lowest BCUT2D eigenvalue weighted by molar-refractivity contribution is -0.137. The molecule has 3 nitrogen and oxygen atoms in total. The van der Waals surface area contributed by atoms with Gasteiger partial charge in [-0.25, -0.2) is 0 Å². The Hall–Kier alpha value is -1.31. The molecule has 1 aromatic carbocycles. The van der Waals surface area contributed by atoms with Crippen LogP contribution in [0.3, 0.4) is 0 Å². The van der Waals surface area contributed by atoms with E-state index in [0.29, 0.717) is 18.7 Å². The zero-order valence-corrected chi connectivity index (χ0v) is 15.7. The van der Waals surface area contributed by atoms with Crippen LogP contribution in [0, 0.1) is 0 Å². The summed E-state index contributed by atoms with van der Waals surface area (Å²) in [4.78, 5) is 2.13. The third-order valence-electron chi connectivity index (χ3n) is 5.54. The van der Waals surface area contributed by atoms with E-state index in [2.05, 4.69) is 11.0 Å². The number of nitrogens with zero attached hydrogens (tertiary/aromatic N) is 1. The second kappa shape index (κ2) is 6.70. The fourth-order valence-electron chi connectivity index (χ4n) is 3.18. The van der Waals surface area contributed by atoms with Gasteiger partial charge in [0.25, 0.3) is 0 Å². The van der Waals surface area contributed by atoms with Crippen molar-refractivity contribution in [2.75, 3.05) is 13.1 Å². The highest BCUT2D eigenvalue weighted by atomic mass is 19.4. The molecule has 7 heteroatoms. The minimum Gasteiger partial charge on any atom is -0.400 e. The molecule has 3 rings (SSSR count). The van der Waals surface area contributed by atoms with Crippen LogP contribution in [-0.4, -0.2) is 36.3 Å². The summed E-state index contributed by atoms with van der Waals surface area (Å²) < 4.78 is 50.7. The summed E-state index contributed by atoms with van der Waals surface area (Å²) in [5, 5.41) is 0. The van der Waals surface area contributed by atoms with E-state index >= 15 is 0 Å². The Labute approximate surface area is 153 Å². The molecule has 2 heterocycles. The van der Waals surface area contributed by atoms with Gasteiger partial charge in [0.05, 0.1) is 16.8 Å². The van der Waals surface area contributed by atoms with Crippen LogP contribution in [0.2, 0.25) is 0 Å². The zero-order chi connectivity index (χ0) is 19.2. The maximum atomic E-state index is 12.8. The molecule has 0 bridgehead atoms. The maximum Gasteiger partial charge on any atom is 0.490 e. The molecule has 2 aliphatic heterocycles. The summed E-state index contributed by atoms with van der Waals surface area (Å²) in [7, 11) is -0.337. The number of benzene rings is 1. The third kappa shape index (κ3) is 4.00. The van der Waals surface area contributed by atoms with Crippen molar-refractivity contribution in [3.63, 3.8) is 0 Å². The molecule has 0 spiro atoms. The lowest BCUT2D eigenvalue weighted by Crippen LogP contribution is -2.41. The van der Waals surface area contributed by atoms with E-state index in [9.17, 15) is 13.2 Å². The van der Waals surface area contributed by atoms with Gasteiger partial charge in [0.15, 0.2) is 0 Å². The van der Waals surface area contributed by atoms with Gasteiger partial charge in [-0.15, -0.1) is 0 Å². The van der Waals surface area contributed by atoms with Gasteiger partial charge in [0.2, 0.25) is 0 Å². The van der Waals surface area contributed by atoms with E-state index < -0.39 is 11.7 Å². The second-order valence-corrected chi connectivity index (χ2v) is 8.05. The minimum absolute atomic E-state index is 0.337. The van der Waals surface area contributed by atoms with Gasteiger partial charge in [0.1, 0.15) is 0 Å². The van der Waals surface area contributed by atoms with Gasteiger partial charge < -0.3 is 9.31 Å². The Morgan fingerprint density at radius 2 is 1.77 bits per heavy atom. The molecule has 0 radical (unpaired) electrons. The van der Waals surface area contributed by atoms with E-state index in [1.165, 1.54) is 12.1 Å². The van der Waals surface area contributed by atoms with E-state index in [1.54, 1.807) is 6.07 Å². The topological polar surface area (TPSA) is 21.7 Å². The Bertz CT molecular complexity index is 684. The first-order valence-electron chi connectivity index (χ1n) is 8.91. The van der Waals surface area contributed by atoms with Crippen molar-refractivity contribution in [1.82, 2.24) is 4.90 Å². The molecule has 0 N–H and O–H groups in total. The highest BCUT2D eigenvalue weighted by Crippen LogP contribution is 2.39. The number of halogens is 3. The summed E-state index contributed by atoms with van der Waals surface area (Å²) in [6.45, 7) is 10.0. The van der Waals surface area contributed by atoms with Crippen molar-refractivity contribution in [2.45, 2.75) is 58.0 Å². The van der Waals surface area contributed by atoms with Crippen molar-refractivity contribution in [2.24, 2.45) is 0 Å². The molecule has 1 saturated heterocycles. The second-order valence-electron chi connectivity index (χ2n) is 8.05. The van der Waals surface area contributed by atoms with E-state index in [-0.39, 0.29) is 18.3 Å². The van der Waals surface area contributed by atoms with Crippen LogP contribution in [-0.2, 0) is 22.0 Å². The molecule has 0 aromatic heterocycles. The van der Waals surface area contributed by atoms with Crippen LogP contribution in [0.15, 0.2) is 35.8 Å². The Balaban J connectivity index is 1.62. The van der Waals surface area contributed by atoms with Gasteiger partial charge in [-0.05, 0) is 51.2 Å². The average Bonchev–Trinajstić information content (AvgIpc) is 2.75. The monoisotopic (exact) mass is 367 g/mol. The highest BCUT2D eigenvalue weighted by molar-refractivity contribution is 6.54. The summed E-state index contributed by atoms with van der Waals surface area (Å²) in [6, 6.07) is 5.54. The molecule has 26 heavy (non-hydrogen) atoms. The zero-order valence-electron chi connectivity index (χ0n) is 15.7. The Morgan fingerprint density at radius 3 is 2.31 bits per heavy atom. The molecule has 0 aliphatic carbocycles. The summed E-state index contributed by atoms with van der Waals surface area (Å²) in [5.74, 6) is 0. The van der Waals surface area contributed by atoms with Crippen molar-refractivity contribution < 1.29 is 22.5 Å². The predicted molar refractivity (Wildman–Crippen MR) is 95.5 cm³/mol. The number of alkyl halides is 3. The predicted octanol–water partition coefficient (Wildman–Crippen LogP) is 4.47.